The van der Waals surface area contributed by atoms with Crippen molar-refractivity contribution in [2.45, 2.75) is 6.61 Å². The zero-order valence-electron chi connectivity index (χ0n) is 6.88. The van der Waals surface area contributed by atoms with Gasteiger partial charge in [0.1, 0.15) is 6.61 Å². The number of pyridine rings is 1. The van der Waals surface area contributed by atoms with Gasteiger partial charge in [0, 0.05) is 17.6 Å². The van der Waals surface area contributed by atoms with Gasteiger partial charge in [-0.25, -0.2) is 9.97 Å². The number of rotatable bonds is 3. The highest BCUT2D eigenvalue weighted by atomic mass is 32.1. The molecular weight excluding hydrogens is 184 g/mol. The summed E-state index contributed by atoms with van der Waals surface area (Å²) < 4.78 is 5.38. The van der Waals surface area contributed by atoms with Crippen LogP contribution in [0.3, 0.4) is 0 Å². The highest BCUT2D eigenvalue weighted by molar-refractivity contribution is 7.07. The minimum atomic E-state index is 0.487. The molecule has 0 aliphatic rings. The summed E-state index contributed by atoms with van der Waals surface area (Å²) >= 11 is 1.56. The fraction of sp³-hybridized carbons (Fsp3) is 0.111. The number of hydrogen-bond acceptors (Lipinski definition) is 4. The van der Waals surface area contributed by atoms with Gasteiger partial charge < -0.3 is 4.74 Å². The Bertz CT molecular complexity index is 347. The molecule has 0 bridgehead atoms. The number of ether oxygens (including phenoxy) is 1. The number of aromatic nitrogens is 2. The topological polar surface area (TPSA) is 35.0 Å². The van der Waals surface area contributed by atoms with Crippen LogP contribution in [-0.2, 0) is 6.61 Å². The van der Waals surface area contributed by atoms with E-state index >= 15 is 0 Å². The van der Waals surface area contributed by atoms with E-state index in [2.05, 4.69) is 9.97 Å². The molecule has 0 spiro atoms. The van der Waals surface area contributed by atoms with Crippen LogP contribution in [0, 0.1) is 0 Å². The van der Waals surface area contributed by atoms with E-state index in [0.717, 1.165) is 5.69 Å². The maximum atomic E-state index is 5.38. The van der Waals surface area contributed by atoms with Gasteiger partial charge in [0.15, 0.2) is 0 Å². The third-order valence-corrected chi connectivity index (χ3v) is 2.12. The van der Waals surface area contributed by atoms with Gasteiger partial charge >= 0.3 is 0 Å². The zero-order chi connectivity index (χ0) is 8.93. The molecule has 0 aromatic carbocycles. The third-order valence-electron chi connectivity index (χ3n) is 1.49. The van der Waals surface area contributed by atoms with Crippen molar-refractivity contribution in [1.82, 2.24) is 9.97 Å². The Kier molecular flexibility index (Phi) is 2.52. The highest BCUT2D eigenvalue weighted by Gasteiger charge is 1.96. The normalized spacial score (nSPS) is 9.85. The lowest BCUT2D eigenvalue weighted by atomic mass is 10.5. The van der Waals surface area contributed by atoms with Gasteiger partial charge in [-0.05, 0) is 6.07 Å². The molecule has 2 aromatic rings. The van der Waals surface area contributed by atoms with Gasteiger partial charge in [0.25, 0.3) is 0 Å². The van der Waals surface area contributed by atoms with E-state index < -0.39 is 0 Å². The summed E-state index contributed by atoms with van der Waals surface area (Å²) in [4.78, 5) is 8.13. The Morgan fingerprint density at radius 3 is 3.00 bits per heavy atom. The second-order valence-corrected chi connectivity index (χ2v) is 3.16. The second kappa shape index (κ2) is 4.00. The highest BCUT2D eigenvalue weighted by Crippen LogP contribution is 2.07. The molecule has 3 nitrogen and oxygen atoms in total. The molecule has 0 aliphatic heterocycles. The van der Waals surface area contributed by atoms with Crippen LogP contribution in [0.15, 0.2) is 35.3 Å². The molecule has 0 amide bonds. The Balaban J connectivity index is 1.94. The van der Waals surface area contributed by atoms with E-state index in [1.807, 2.05) is 23.6 Å². The van der Waals surface area contributed by atoms with Crippen molar-refractivity contribution in [3.05, 3.63) is 41.0 Å². The SMILES string of the molecule is c1ccc(OCc2cscn2)nc1. The van der Waals surface area contributed by atoms with Crippen molar-refractivity contribution in [1.29, 1.82) is 0 Å². The number of thiazole rings is 1. The molecule has 0 N–H and O–H groups in total. The van der Waals surface area contributed by atoms with Crippen LogP contribution >= 0.6 is 11.3 Å². The number of hydrogen-bond donors (Lipinski definition) is 0. The first-order valence-corrected chi connectivity index (χ1v) is 4.80. The van der Waals surface area contributed by atoms with Crippen LogP contribution in [0.25, 0.3) is 0 Å². The summed E-state index contributed by atoms with van der Waals surface area (Å²) in [5.41, 5.74) is 2.73. The summed E-state index contributed by atoms with van der Waals surface area (Å²) in [7, 11) is 0. The monoisotopic (exact) mass is 192 g/mol. The van der Waals surface area contributed by atoms with Gasteiger partial charge in [0.2, 0.25) is 5.88 Å². The van der Waals surface area contributed by atoms with E-state index in [9.17, 15) is 0 Å². The molecule has 66 valence electrons. The first kappa shape index (κ1) is 8.19. The fourth-order valence-corrected chi connectivity index (χ4v) is 1.43. The third kappa shape index (κ3) is 2.26. The lowest BCUT2D eigenvalue weighted by Crippen LogP contribution is -1.96. The molecule has 0 saturated heterocycles. The Hall–Kier alpha value is -1.42. The standard InChI is InChI=1S/C9H8N2OS/c1-2-4-10-9(3-1)12-5-8-6-13-7-11-8/h1-4,6-7H,5H2. The quantitative estimate of drug-likeness (QED) is 0.747. The summed E-state index contributed by atoms with van der Waals surface area (Å²) in [6.45, 7) is 0.487. The van der Waals surface area contributed by atoms with Crippen LogP contribution in [-0.4, -0.2) is 9.97 Å². The van der Waals surface area contributed by atoms with Gasteiger partial charge in [-0.3, -0.25) is 0 Å². The lowest BCUT2D eigenvalue weighted by molar-refractivity contribution is 0.290. The molecule has 0 saturated carbocycles. The molecule has 0 fully saturated rings. The minimum absolute atomic E-state index is 0.487. The van der Waals surface area contributed by atoms with E-state index in [1.54, 1.807) is 23.0 Å². The summed E-state index contributed by atoms with van der Waals surface area (Å²) in [5, 5.41) is 1.96. The molecule has 0 unspecified atom stereocenters. The predicted octanol–water partition coefficient (Wildman–Crippen LogP) is 2.12. The lowest BCUT2D eigenvalue weighted by Gasteiger charge is -2.00. The molecule has 0 radical (unpaired) electrons. The van der Waals surface area contributed by atoms with Crippen molar-refractivity contribution < 1.29 is 4.74 Å². The first-order valence-electron chi connectivity index (χ1n) is 3.86. The smallest absolute Gasteiger partial charge is 0.213 e. The van der Waals surface area contributed by atoms with Crippen molar-refractivity contribution in [3.63, 3.8) is 0 Å². The zero-order valence-corrected chi connectivity index (χ0v) is 7.70. The molecular formula is C9H8N2OS. The van der Waals surface area contributed by atoms with E-state index in [1.165, 1.54) is 0 Å². The van der Waals surface area contributed by atoms with Crippen LogP contribution in [0.2, 0.25) is 0 Å². The maximum absolute atomic E-state index is 5.38. The molecule has 4 heteroatoms. The Labute approximate surface area is 80.0 Å². The average molecular weight is 192 g/mol. The van der Waals surface area contributed by atoms with E-state index in [-0.39, 0.29) is 0 Å². The van der Waals surface area contributed by atoms with Crippen LogP contribution < -0.4 is 4.74 Å². The van der Waals surface area contributed by atoms with Gasteiger partial charge in [0.05, 0.1) is 11.2 Å². The van der Waals surface area contributed by atoms with Crippen molar-refractivity contribution in [2.24, 2.45) is 0 Å². The minimum Gasteiger partial charge on any atom is -0.471 e. The average Bonchev–Trinajstić information content (AvgIpc) is 2.69. The molecule has 13 heavy (non-hydrogen) atoms. The maximum Gasteiger partial charge on any atom is 0.213 e. The van der Waals surface area contributed by atoms with Crippen molar-refractivity contribution >= 4 is 11.3 Å². The largest absolute Gasteiger partial charge is 0.471 e. The van der Waals surface area contributed by atoms with E-state index in [0.29, 0.717) is 12.5 Å². The fourth-order valence-electron chi connectivity index (χ4n) is 0.889. The van der Waals surface area contributed by atoms with E-state index in [4.69, 9.17) is 4.74 Å². The van der Waals surface area contributed by atoms with Crippen molar-refractivity contribution in [3.8, 4) is 5.88 Å². The summed E-state index contributed by atoms with van der Waals surface area (Å²) in [5.74, 6) is 0.635. The predicted molar refractivity (Wildman–Crippen MR) is 50.7 cm³/mol. The van der Waals surface area contributed by atoms with Crippen molar-refractivity contribution in [2.75, 3.05) is 0 Å². The summed E-state index contributed by atoms with van der Waals surface area (Å²) in [6.07, 6.45) is 1.70. The van der Waals surface area contributed by atoms with Crippen LogP contribution in [0.5, 0.6) is 5.88 Å². The van der Waals surface area contributed by atoms with Crippen LogP contribution in [0.1, 0.15) is 5.69 Å². The number of nitrogens with zero attached hydrogens (tertiary/aromatic N) is 2. The second-order valence-electron chi connectivity index (χ2n) is 2.44. The summed E-state index contributed by atoms with van der Waals surface area (Å²) in [6, 6.07) is 5.57. The molecule has 2 aromatic heterocycles. The molecule has 0 aliphatic carbocycles. The Morgan fingerprint density at radius 2 is 2.31 bits per heavy atom. The molecule has 2 heterocycles. The van der Waals surface area contributed by atoms with Gasteiger partial charge in [-0.1, -0.05) is 6.07 Å². The molecule has 2 rings (SSSR count). The Morgan fingerprint density at radius 1 is 1.31 bits per heavy atom. The van der Waals surface area contributed by atoms with Gasteiger partial charge in [-0.15, -0.1) is 11.3 Å². The van der Waals surface area contributed by atoms with Gasteiger partial charge in [-0.2, -0.15) is 0 Å². The molecule has 0 atom stereocenters. The van der Waals surface area contributed by atoms with Crippen LogP contribution in [0.4, 0.5) is 0 Å². The first-order chi connectivity index (χ1) is 6.45.